The molecule has 1 saturated heterocycles. The van der Waals surface area contributed by atoms with E-state index in [2.05, 4.69) is 15.4 Å². The molecule has 1 atom stereocenters. The minimum Gasteiger partial charge on any atom is -0.465 e. The zero-order valence-electron chi connectivity index (χ0n) is 12.7. The number of anilines is 1. The third-order valence-corrected chi connectivity index (χ3v) is 5.51. The van der Waals surface area contributed by atoms with Gasteiger partial charge in [0, 0.05) is 6.04 Å². The maximum Gasteiger partial charge on any atom is 0.337 e. The van der Waals surface area contributed by atoms with Gasteiger partial charge >= 0.3 is 17.8 Å². The van der Waals surface area contributed by atoms with E-state index in [1.807, 2.05) is 0 Å². The summed E-state index contributed by atoms with van der Waals surface area (Å²) in [5.74, 6) is -2.82. The molecule has 0 aromatic heterocycles. The van der Waals surface area contributed by atoms with Crippen LogP contribution in [-0.2, 0) is 24.2 Å². The van der Waals surface area contributed by atoms with E-state index >= 15 is 0 Å². The fraction of sp³-hybridized carbons (Fsp3) is 0.357. The van der Waals surface area contributed by atoms with Crippen LogP contribution in [0.1, 0.15) is 16.8 Å². The number of ether oxygens (including phenoxy) is 1. The number of esters is 1. The molecule has 0 saturated carbocycles. The van der Waals surface area contributed by atoms with Gasteiger partial charge in [-0.1, -0.05) is 11.6 Å². The minimum atomic E-state index is -3.17. The molecule has 1 unspecified atom stereocenters. The Kier molecular flexibility index (Phi) is 5.45. The standard InChI is InChI=1S/C14H15ClN2O6S/c1-23-14(20)8-2-3-10(15)11(6-8)17-13(19)12(18)16-9-4-5-24(21,22)7-9/h2-3,6,9H,4-5,7H2,1H3,(H,16,18)(H,17,19). The Labute approximate surface area is 143 Å². The van der Waals surface area contributed by atoms with Gasteiger partial charge in [-0.05, 0) is 24.6 Å². The smallest absolute Gasteiger partial charge is 0.337 e. The zero-order valence-corrected chi connectivity index (χ0v) is 14.2. The van der Waals surface area contributed by atoms with Crippen LogP contribution in [-0.4, -0.2) is 50.9 Å². The van der Waals surface area contributed by atoms with Gasteiger partial charge in [-0.2, -0.15) is 0 Å². The van der Waals surface area contributed by atoms with Gasteiger partial charge in [0.05, 0.1) is 34.9 Å². The fourth-order valence-electron chi connectivity index (χ4n) is 2.20. The second-order valence-electron chi connectivity index (χ2n) is 5.21. The molecule has 2 rings (SSSR count). The van der Waals surface area contributed by atoms with E-state index in [-0.39, 0.29) is 34.2 Å². The molecular weight excluding hydrogens is 360 g/mol. The van der Waals surface area contributed by atoms with Crippen molar-refractivity contribution in [3.05, 3.63) is 28.8 Å². The van der Waals surface area contributed by atoms with Gasteiger partial charge in [0.2, 0.25) is 0 Å². The predicted octanol–water partition coefficient (Wildman–Crippen LogP) is 0.368. The molecule has 2 amide bonds. The number of rotatable bonds is 3. The first-order chi connectivity index (χ1) is 11.2. The van der Waals surface area contributed by atoms with Crippen molar-refractivity contribution in [2.45, 2.75) is 12.5 Å². The number of sulfone groups is 1. The molecule has 0 radical (unpaired) electrons. The third-order valence-electron chi connectivity index (χ3n) is 3.41. The molecule has 1 aromatic carbocycles. The predicted molar refractivity (Wildman–Crippen MR) is 86.6 cm³/mol. The Morgan fingerprint density at radius 2 is 1.96 bits per heavy atom. The normalized spacial score (nSPS) is 18.7. The lowest BCUT2D eigenvalue weighted by Gasteiger charge is -2.12. The number of nitrogens with one attached hydrogen (secondary N) is 2. The highest BCUT2D eigenvalue weighted by molar-refractivity contribution is 7.91. The van der Waals surface area contributed by atoms with Crippen LogP contribution in [0.2, 0.25) is 5.02 Å². The minimum absolute atomic E-state index is 0.0213. The Morgan fingerprint density at radius 1 is 1.25 bits per heavy atom. The van der Waals surface area contributed by atoms with Gasteiger partial charge in [-0.15, -0.1) is 0 Å². The van der Waals surface area contributed by atoms with Crippen molar-refractivity contribution < 1.29 is 27.5 Å². The average Bonchev–Trinajstić information content (AvgIpc) is 2.87. The van der Waals surface area contributed by atoms with Crippen molar-refractivity contribution in [2.24, 2.45) is 0 Å². The van der Waals surface area contributed by atoms with E-state index in [0.717, 1.165) is 0 Å². The van der Waals surface area contributed by atoms with Gasteiger partial charge in [-0.3, -0.25) is 9.59 Å². The van der Waals surface area contributed by atoms with E-state index in [0.29, 0.717) is 0 Å². The molecule has 0 spiro atoms. The van der Waals surface area contributed by atoms with E-state index < -0.39 is 33.7 Å². The van der Waals surface area contributed by atoms with Crippen LogP contribution in [0.15, 0.2) is 18.2 Å². The Balaban J connectivity index is 2.03. The van der Waals surface area contributed by atoms with Crippen LogP contribution in [0.3, 0.4) is 0 Å². The number of amides is 2. The van der Waals surface area contributed by atoms with Gasteiger partial charge in [0.15, 0.2) is 9.84 Å². The molecule has 2 N–H and O–H groups in total. The molecule has 1 aliphatic rings. The molecule has 1 fully saturated rings. The van der Waals surface area contributed by atoms with E-state index in [1.165, 1.54) is 25.3 Å². The molecule has 24 heavy (non-hydrogen) atoms. The maximum atomic E-state index is 11.9. The number of methoxy groups -OCH3 is 1. The lowest BCUT2D eigenvalue weighted by molar-refractivity contribution is -0.136. The fourth-order valence-corrected chi connectivity index (χ4v) is 4.04. The summed E-state index contributed by atoms with van der Waals surface area (Å²) < 4.78 is 27.3. The Bertz CT molecular complexity index is 792. The first-order valence-corrected chi connectivity index (χ1v) is 9.12. The van der Waals surface area contributed by atoms with Crippen LogP contribution in [0.25, 0.3) is 0 Å². The van der Waals surface area contributed by atoms with Crippen LogP contribution in [0, 0.1) is 0 Å². The van der Waals surface area contributed by atoms with E-state index in [1.54, 1.807) is 0 Å². The van der Waals surface area contributed by atoms with Crippen molar-refractivity contribution in [2.75, 3.05) is 23.9 Å². The summed E-state index contributed by atoms with van der Waals surface area (Å²) in [6, 6.07) is 3.47. The van der Waals surface area contributed by atoms with Crippen LogP contribution < -0.4 is 10.6 Å². The van der Waals surface area contributed by atoms with Crippen molar-refractivity contribution in [3.8, 4) is 0 Å². The van der Waals surface area contributed by atoms with Crippen molar-refractivity contribution in [1.82, 2.24) is 5.32 Å². The molecule has 0 aliphatic carbocycles. The second kappa shape index (κ2) is 7.18. The Morgan fingerprint density at radius 3 is 2.54 bits per heavy atom. The average molecular weight is 375 g/mol. The summed E-state index contributed by atoms with van der Waals surface area (Å²) in [5, 5.41) is 4.77. The first kappa shape index (κ1) is 18.2. The number of hydrogen-bond acceptors (Lipinski definition) is 6. The lowest BCUT2D eigenvalue weighted by atomic mass is 10.2. The van der Waals surface area contributed by atoms with Crippen LogP contribution >= 0.6 is 11.6 Å². The highest BCUT2D eigenvalue weighted by atomic mass is 35.5. The molecule has 8 nitrogen and oxygen atoms in total. The summed E-state index contributed by atoms with van der Waals surface area (Å²) in [6.07, 6.45) is 0.264. The molecule has 10 heteroatoms. The summed E-state index contributed by atoms with van der Waals surface area (Å²) in [6.45, 7) is 0. The number of carbonyl (C=O) groups is 3. The molecule has 0 bridgehead atoms. The molecule has 1 heterocycles. The second-order valence-corrected chi connectivity index (χ2v) is 7.85. The van der Waals surface area contributed by atoms with Gasteiger partial charge < -0.3 is 15.4 Å². The topological polar surface area (TPSA) is 119 Å². The van der Waals surface area contributed by atoms with Crippen molar-refractivity contribution in [1.29, 1.82) is 0 Å². The third kappa shape index (κ3) is 4.45. The molecule has 130 valence electrons. The summed E-state index contributed by atoms with van der Waals surface area (Å²) in [7, 11) is -1.96. The van der Waals surface area contributed by atoms with Crippen LogP contribution in [0.4, 0.5) is 5.69 Å². The van der Waals surface area contributed by atoms with Gasteiger partial charge in [0.25, 0.3) is 0 Å². The van der Waals surface area contributed by atoms with Gasteiger partial charge in [0.1, 0.15) is 0 Å². The number of benzene rings is 1. The molecule has 1 aromatic rings. The summed E-state index contributed by atoms with van der Waals surface area (Å²) in [4.78, 5) is 35.2. The SMILES string of the molecule is COC(=O)c1ccc(Cl)c(NC(=O)C(=O)NC2CCS(=O)(=O)C2)c1. The maximum absolute atomic E-state index is 11.9. The zero-order chi connectivity index (χ0) is 17.9. The molecule has 1 aliphatic heterocycles. The largest absolute Gasteiger partial charge is 0.465 e. The summed E-state index contributed by atoms with van der Waals surface area (Å²) in [5.41, 5.74) is 0.221. The highest BCUT2D eigenvalue weighted by Gasteiger charge is 2.30. The monoisotopic (exact) mass is 374 g/mol. The quantitative estimate of drug-likeness (QED) is 0.582. The van der Waals surface area contributed by atoms with Crippen LogP contribution in [0.5, 0.6) is 0 Å². The first-order valence-electron chi connectivity index (χ1n) is 6.92. The van der Waals surface area contributed by atoms with Crippen molar-refractivity contribution in [3.63, 3.8) is 0 Å². The lowest BCUT2D eigenvalue weighted by Crippen LogP contribution is -2.42. The van der Waals surface area contributed by atoms with E-state index in [9.17, 15) is 22.8 Å². The van der Waals surface area contributed by atoms with E-state index in [4.69, 9.17) is 11.6 Å². The number of halogens is 1. The summed E-state index contributed by atoms with van der Waals surface area (Å²) >= 11 is 5.92. The molecular formula is C14H15ClN2O6S. The Hall–Kier alpha value is -2.13. The number of hydrogen-bond donors (Lipinski definition) is 2. The van der Waals surface area contributed by atoms with Gasteiger partial charge in [-0.25, -0.2) is 13.2 Å². The highest BCUT2D eigenvalue weighted by Crippen LogP contribution is 2.23. The van der Waals surface area contributed by atoms with Crippen molar-refractivity contribution >= 4 is 44.9 Å². The number of carbonyl (C=O) groups excluding carboxylic acids is 3.